The van der Waals surface area contributed by atoms with Gasteiger partial charge in [-0.2, -0.15) is 0 Å². The summed E-state index contributed by atoms with van der Waals surface area (Å²) in [7, 11) is 1.72. The fourth-order valence-corrected chi connectivity index (χ4v) is 1.17. The van der Waals surface area contributed by atoms with Crippen molar-refractivity contribution in [3.63, 3.8) is 0 Å². The maximum absolute atomic E-state index is 11.6. The van der Waals surface area contributed by atoms with Crippen LogP contribution < -0.4 is 5.73 Å². The molecule has 0 aliphatic heterocycles. The van der Waals surface area contributed by atoms with Crippen molar-refractivity contribution in [1.82, 2.24) is 4.90 Å². The zero-order valence-corrected chi connectivity index (χ0v) is 9.79. The molecule has 1 atom stereocenters. The smallest absolute Gasteiger partial charge is 0.239 e. The first-order valence-corrected chi connectivity index (χ1v) is 4.68. The van der Waals surface area contributed by atoms with Gasteiger partial charge >= 0.3 is 0 Å². The highest BCUT2D eigenvalue weighted by Crippen LogP contribution is 2.05. The van der Waals surface area contributed by atoms with Crippen LogP contribution in [0, 0.1) is 0 Å². The number of carbonyl (C=O) groups excluding carboxylic acids is 1. The lowest BCUT2D eigenvalue weighted by molar-refractivity contribution is -0.132. The van der Waals surface area contributed by atoms with Crippen molar-refractivity contribution in [3.05, 3.63) is 24.2 Å². The van der Waals surface area contributed by atoms with Crippen LogP contribution in [-0.2, 0) is 11.3 Å². The molecule has 1 aromatic heterocycles. The number of nitrogens with two attached hydrogens (primary N) is 1. The Hall–Kier alpha value is -1.00. The first-order valence-electron chi connectivity index (χ1n) is 4.68. The van der Waals surface area contributed by atoms with Gasteiger partial charge in [0.25, 0.3) is 0 Å². The third-order valence-electron chi connectivity index (χ3n) is 2.11. The number of amides is 1. The monoisotopic (exact) mass is 232 g/mol. The molecular weight excluding hydrogens is 216 g/mol. The molecule has 4 nitrogen and oxygen atoms in total. The third kappa shape index (κ3) is 3.93. The van der Waals surface area contributed by atoms with E-state index in [9.17, 15) is 4.79 Å². The van der Waals surface area contributed by atoms with E-state index in [0.29, 0.717) is 13.0 Å². The molecule has 0 aromatic carbocycles. The van der Waals surface area contributed by atoms with E-state index in [1.54, 1.807) is 24.3 Å². The van der Waals surface area contributed by atoms with Crippen LogP contribution >= 0.6 is 12.4 Å². The summed E-state index contributed by atoms with van der Waals surface area (Å²) in [5.74, 6) is 0.716. The number of nitrogens with zero attached hydrogens (tertiary/aromatic N) is 1. The average Bonchev–Trinajstić information content (AvgIpc) is 2.68. The molecule has 0 fully saturated rings. The van der Waals surface area contributed by atoms with Crippen LogP contribution in [0.3, 0.4) is 0 Å². The summed E-state index contributed by atoms with van der Waals surface area (Å²) in [5, 5.41) is 0. The van der Waals surface area contributed by atoms with Gasteiger partial charge in [0.1, 0.15) is 5.76 Å². The second kappa shape index (κ2) is 6.48. The Morgan fingerprint density at radius 1 is 1.67 bits per heavy atom. The molecule has 2 N–H and O–H groups in total. The van der Waals surface area contributed by atoms with Crippen molar-refractivity contribution >= 4 is 18.3 Å². The Morgan fingerprint density at radius 2 is 2.33 bits per heavy atom. The van der Waals surface area contributed by atoms with Gasteiger partial charge in [0.2, 0.25) is 5.91 Å². The molecule has 1 rings (SSSR count). The molecule has 0 aliphatic carbocycles. The molecule has 0 saturated carbocycles. The Bertz CT molecular complexity index is 288. The van der Waals surface area contributed by atoms with Gasteiger partial charge in [0.05, 0.1) is 18.8 Å². The van der Waals surface area contributed by atoms with E-state index in [-0.39, 0.29) is 18.3 Å². The predicted molar refractivity (Wildman–Crippen MR) is 60.7 cm³/mol. The fourth-order valence-electron chi connectivity index (χ4n) is 1.17. The van der Waals surface area contributed by atoms with E-state index in [0.717, 1.165) is 5.76 Å². The summed E-state index contributed by atoms with van der Waals surface area (Å²) < 4.78 is 5.13. The molecule has 86 valence electrons. The Balaban J connectivity index is 0.00000196. The van der Waals surface area contributed by atoms with E-state index in [4.69, 9.17) is 10.2 Å². The topological polar surface area (TPSA) is 59.5 Å². The first kappa shape index (κ1) is 14.0. The summed E-state index contributed by atoms with van der Waals surface area (Å²) in [6, 6.07) is 3.23. The number of halogens is 1. The van der Waals surface area contributed by atoms with Gasteiger partial charge in [-0.15, -0.1) is 12.4 Å². The number of hydrogen-bond acceptors (Lipinski definition) is 3. The lowest BCUT2D eigenvalue weighted by atomic mass is 10.2. The maximum atomic E-state index is 11.6. The van der Waals surface area contributed by atoms with Gasteiger partial charge in [0, 0.05) is 7.05 Å². The predicted octanol–water partition coefficient (Wildman–Crippen LogP) is 1.40. The molecule has 1 unspecified atom stereocenters. The molecule has 0 spiro atoms. The lowest BCUT2D eigenvalue weighted by Crippen LogP contribution is -2.40. The maximum Gasteiger partial charge on any atom is 0.239 e. The van der Waals surface area contributed by atoms with Crippen LogP contribution in [0.5, 0.6) is 0 Å². The number of carbonyl (C=O) groups is 1. The van der Waals surface area contributed by atoms with Crippen molar-refractivity contribution in [1.29, 1.82) is 0 Å². The quantitative estimate of drug-likeness (QED) is 0.854. The normalized spacial score (nSPS) is 11.7. The van der Waals surface area contributed by atoms with Crippen LogP contribution in [0.25, 0.3) is 0 Å². The zero-order valence-electron chi connectivity index (χ0n) is 8.97. The van der Waals surface area contributed by atoms with E-state index in [1.807, 2.05) is 13.0 Å². The Labute approximate surface area is 95.8 Å². The summed E-state index contributed by atoms with van der Waals surface area (Å²) >= 11 is 0. The van der Waals surface area contributed by atoms with Crippen LogP contribution in [-0.4, -0.2) is 23.9 Å². The van der Waals surface area contributed by atoms with E-state index >= 15 is 0 Å². The molecule has 1 aromatic rings. The third-order valence-corrected chi connectivity index (χ3v) is 2.11. The first-order chi connectivity index (χ1) is 6.65. The summed E-state index contributed by atoms with van der Waals surface area (Å²) in [6.45, 7) is 2.36. The van der Waals surface area contributed by atoms with Crippen LogP contribution in [0.2, 0.25) is 0 Å². The standard InChI is InChI=1S/C10H16N2O2.ClH/c1-3-9(11)10(13)12(2)7-8-5-4-6-14-8;/h4-6,9H,3,7,11H2,1-2H3;1H. The second-order valence-electron chi connectivity index (χ2n) is 3.29. The molecule has 0 aliphatic rings. The van der Waals surface area contributed by atoms with Gasteiger partial charge in [-0.3, -0.25) is 4.79 Å². The highest BCUT2D eigenvalue weighted by Gasteiger charge is 2.16. The van der Waals surface area contributed by atoms with E-state index < -0.39 is 6.04 Å². The Morgan fingerprint density at radius 3 is 2.80 bits per heavy atom. The van der Waals surface area contributed by atoms with Crippen molar-refractivity contribution in [2.75, 3.05) is 7.05 Å². The largest absolute Gasteiger partial charge is 0.467 e. The molecule has 1 heterocycles. The molecule has 0 saturated heterocycles. The number of rotatable bonds is 4. The molecule has 0 radical (unpaired) electrons. The molecular formula is C10H17ClN2O2. The van der Waals surface area contributed by atoms with Crippen molar-refractivity contribution in [2.45, 2.75) is 25.9 Å². The highest BCUT2D eigenvalue weighted by molar-refractivity contribution is 5.85. The highest BCUT2D eigenvalue weighted by atomic mass is 35.5. The SMILES string of the molecule is CCC(N)C(=O)N(C)Cc1ccco1.Cl. The van der Waals surface area contributed by atoms with Gasteiger partial charge in [-0.05, 0) is 18.6 Å². The van der Waals surface area contributed by atoms with Crippen molar-refractivity contribution < 1.29 is 9.21 Å². The molecule has 1 amide bonds. The van der Waals surface area contributed by atoms with Gasteiger partial charge in [-0.1, -0.05) is 6.92 Å². The van der Waals surface area contributed by atoms with Gasteiger partial charge in [-0.25, -0.2) is 0 Å². The van der Waals surface area contributed by atoms with Crippen LogP contribution in [0.4, 0.5) is 0 Å². The summed E-state index contributed by atoms with van der Waals surface area (Å²) in [6.07, 6.45) is 2.24. The number of hydrogen-bond donors (Lipinski definition) is 1. The van der Waals surface area contributed by atoms with Crippen LogP contribution in [0.15, 0.2) is 22.8 Å². The summed E-state index contributed by atoms with van der Waals surface area (Å²) in [4.78, 5) is 13.1. The van der Waals surface area contributed by atoms with Crippen LogP contribution in [0.1, 0.15) is 19.1 Å². The minimum absolute atomic E-state index is 0. The fraction of sp³-hybridized carbons (Fsp3) is 0.500. The van der Waals surface area contributed by atoms with E-state index in [1.165, 1.54) is 0 Å². The second-order valence-corrected chi connectivity index (χ2v) is 3.29. The van der Waals surface area contributed by atoms with Gasteiger partial charge in [0.15, 0.2) is 0 Å². The molecule has 0 bridgehead atoms. The Kier molecular flexibility index (Phi) is 6.05. The van der Waals surface area contributed by atoms with Gasteiger partial charge < -0.3 is 15.1 Å². The molecule has 5 heteroatoms. The van der Waals surface area contributed by atoms with Crippen molar-refractivity contribution in [2.24, 2.45) is 5.73 Å². The number of likely N-dealkylation sites (N-methyl/N-ethyl adjacent to an activating group) is 1. The van der Waals surface area contributed by atoms with E-state index in [2.05, 4.69) is 0 Å². The minimum Gasteiger partial charge on any atom is -0.467 e. The lowest BCUT2D eigenvalue weighted by Gasteiger charge is -2.19. The number of furan rings is 1. The summed E-state index contributed by atoms with van der Waals surface area (Å²) in [5.41, 5.74) is 5.62. The average molecular weight is 233 g/mol. The van der Waals surface area contributed by atoms with Crippen molar-refractivity contribution in [3.8, 4) is 0 Å². The minimum atomic E-state index is -0.407. The molecule has 15 heavy (non-hydrogen) atoms. The zero-order chi connectivity index (χ0) is 10.6.